The van der Waals surface area contributed by atoms with Crippen molar-refractivity contribution in [3.8, 4) is 22.5 Å². The quantitative estimate of drug-likeness (QED) is 0.0315. The van der Waals surface area contributed by atoms with Crippen molar-refractivity contribution in [2.45, 2.75) is 73.0 Å². The number of hydrogen-bond acceptors (Lipinski definition) is 8. The number of sulfonamides is 1. The molecule has 1 aliphatic heterocycles. The maximum Gasteiger partial charge on any atom is 0.295 e. The zero-order chi connectivity index (χ0) is 42.7. The van der Waals surface area contributed by atoms with Crippen molar-refractivity contribution < 1.29 is 25.8 Å². The predicted octanol–water partition coefficient (Wildman–Crippen LogP) is 10.1. The lowest BCUT2D eigenvalue weighted by Crippen LogP contribution is -2.31. The first-order chi connectivity index (χ1) is 28.9. The summed E-state index contributed by atoms with van der Waals surface area (Å²) in [6, 6.07) is 36.4. The first kappa shape index (κ1) is 45.4. The first-order valence-corrected chi connectivity index (χ1v) is 25.7. The number of fused-ring (bicyclic) bond motifs is 2. The van der Waals surface area contributed by atoms with Gasteiger partial charge in [0.25, 0.3) is 10.1 Å². The molecule has 60 heavy (non-hydrogen) atoms. The van der Waals surface area contributed by atoms with Gasteiger partial charge in [0.05, 0.1) is 16.7 Å². The molecule has 318 valence electrons. The third-order valence-electron chi connectivity index (χ3n) is 10.8. The van der Waals surface area contributed by atoms with E-state index in [-0.39, 0.29) is 22.9 Å². The van der Waals surface area contributed by atoms with E-state index in [1.165, 1.54) is 21.9 Å². The monoisotopic (exact) mass is 886 g/mol. The molecule has 0 aromatic heterocycles. The Hall–Kier alpha value is -4.11. The summed E-state index contributed by atoms with van der Waals surface area (Å²) < 4.78 is 76.3. The Morgan fingerprint density at radius 3 is 2.10 bits per heavy atom. The predicted molar refractivity (Wildman–Crippen MR) is 249 cm³/mol. The molecule has 0 fully saturated rings. The summed E-state index contributed by atoms with van der Waals surface area (Å²) >= 11 is 3.58. The zero-order valence-electron chi connectivity index (χ0n) is 34.8. The molecule has 2 aliphatic rings. The molecular formula is C47H56N3O6S4+. The third-order valence-corrected chi connectivity index (χ3v) is 15.1. The van der Waals surface area contributed by atoms with Gasteiger partial charge in [-0.2, -0.15) is 8.42 Å². The van der Waals surface area contributed by atoms with Crippen molar-refractivity contribution in [2.24, 2.45) is 5.92 Å². The normalized spacial score (nSPS) is 13.2. The van der Waals surface area contributed by atoms with Gasteiger partial charge < -0.3 is 9.32 Å². The topological polar surface area (TPSA) is 120 Å². The summed E-state index contributed by atoms with van der Waals surface area (Å²) in [5.41, 5.74) is 2.80. The molecule has 0 saturated heterocycles. The Bertz CT molecular complexity index is 2620. The second-order valence-corrected chi connectivity index (χ2v) is 20.2. The molecule has 1 heterocycles. The van der Waals surface area contributed by atoms with E-state index in [1.807, 2.05) is 79.7 Å². The maximum absolute atomic E-state index is 13.6. The van der Waals surface area contributed by atoms with Gasteiger partial charge in [0, 0.05) is 75.1 Å². The van der Waals surface area contributed by atoms with Crippen LogP contribution in [-0.2, 0) is 20.1 Å². The van der Waals surface area contributed by atoms with Crippen LogP contribution in [0.25, 0.3) is 33.4 Å². The molecule has 13 heteroatoms. The summed E-state index contributed by atoms with van der Waals surface area (Å²) in [7, 11) is -9.01. The minimum absolute atomic E-state index is 0.151. The number of nitrogens with zero attached hydrogens (tertiary/aromatic N) is 2. The molecule has 2 N–H and O–H groups in total. The highest BCUT2D eigenvalue weighted by molar-refractivity contribution is 7.99. The molecule has 0 radical (unpaired) electrons. The number of unbranched alkanes of at least 4 members (excludes halogenated alkanes) is 1. The average Bonchev–Trinajstić information content (AvgIpc) is 3.25. The van der Waals surface area contributed by atoms with Crippen LogP contribution in [0.4, 0.5) is 5.69 Å². The van der Waals surface area contributed by atoms with Crippen LogP contribution < -0.4 is 19.6 Å². The number of hydrogen-bond donors (Lipinski definition) is 2. The number of anilines is 1. The van der Waals surface area contributed by atoms with Gasteiger partial charge in [0.15, 0.2) is 6.54 Å². The lowest BCUT2D eigenvalue weighted by atomic mass is 9.93. The molecule has 0 bridgehead atoms. The second-order valence-electron chi connectivity index (χ2n) is 14.7. The van der Waals surface area contributed by atoms with Gasteiger partial charge in [-0.15, -0.1) is 23.5 Å². The summed E-state index contributed by atoms with van der Waals surface area (Å²) in [6.45, 7) is 11.7. The van der Waals surface area contributed by atoms with E-state index < -0.39 is 25.0 Å². The van der Waals surface area contributed by atoms with Crippen molar-refractivity contribution >= 4 is 60.3 Å². The van der Waals surface area contributed by atoms with Crippen LogP contribution in [0.1, 0.15) is 53.4 Å². The molecule has 0 spiro atoms. The smallest absolute Gasteiger partial charge is 0.295 e. The summed E-state index contributed by atoms with van der Waals surface area (Å²) in [4.78, 5) is 3.95. The Morgan fingerprint density at radius 1 is 0.783 bits per heavy atom. The van der Waals surface area contributed by atoms with Gasteiger partial charge in [-0.1, -0.05) is 75.6 Å². The highest BCUT2D eigenvalue weighted by atomic mass is 32.2. The van der Waals surface area contributed by atoms with Crippen LogP contribution in [-0.4, -0.2) is 65.6 Å². The zero-order valence-corrected chi connectivity index (χ0v) is 38.1. The fraction of sp³-hybridized carbons (Fsp3) is 0.340. The highest BCUT2D eigenvalue weighted by Gasteiger charge is 2.28. The minimum Gasteiger partial charge on any atom is -0.456 e. The van der Waals surface area contributed by atoms with E-state index in [9.17, 15) is 21.4 Å². The average molecular weight is 887 g/mol. The van der Waals surface area contributed by atoms with Gasteiger partial charge in [-0.3, -0.25) is 4.55 Å². The number of nitrogens with one attached hydrogen (secondary N) is 1. The summed E-state index contributed by atoms with van der Waals surface area (Å²) in [6.07, 6.45) is 3.70. The van der Waals surface area contributed by atoms with Crippen LogP contribution >= 0.6 is 23.5 Å². The Labute approximate surface area is 364 Å². The Kier molecular flexibility index (Phi) is 16.0. The fourth-order valence-electron chi connectivity index (χ4n) is 7.42. The molecule has 1 atom stereocenters. The lowest BCUT2D eigenvalue weighted by molar-refractivity contribution is 0.443. The van der Waals surface area contributed by atoms with E-state index in [0.29, 0.717) is 27.9 Å². The summed E-state index contributed by atoms with van der Waals surface area (Å²) in [5, 5.41) is 1.57. The fourth-order valence-corrected chi connectivity index (χ4v) is 11.1. The van der Waals surface area contributed by atoms with E-state index in [2.05, 4.69) is 59.2 Å². The molecule has 4 aromatic rings. The van der Waals surface area contributed by atoms with E-state index in [4.69, 9.17) is 4.42 Å². The number of benzene rings is 5. The van der Waals surface area contributed by atoms with Gasteiger partial charge >= 0.3 is 0 Å². The van der Waals surface area contributed by atoms with Gasteiger partial charge in [-0.25, -0.2) is 17.7 Å². The Morgan fingerprint density at radius 2 is 1.47 bits per heavy atom. The highest BCUT2D eigenvalue weighted by Crippen LogP contribution is 2.43. The van der Waals surface area contributed by atoms with Crippen LogP contribution in [0.5, 0.6) is 0 Å². The maximum atomic E-state index is 13.6. The molecular weight excluding hydrogens is 831 g/mol. The molecule has 4 aromatic carbocycles. The van der Waals surface area contributed by atoms with Crippen molar-refractivity contribution in [3.05, 3.63) is 121 Å². The number of rotatable bonds is 21. The molecule has 0 amide bonds. The third kappa shape index (κ3) is 11.4. The number of thioether (sulfide) groups is 2. The van der Waals surface area contributed by atoms with Crippen LogP contribution in [0, 0.1) is 5.92 Å². The van der Waals surface area contributed by atoms with Crippen molar-refractivity contribution in [1.82, 2.24) is 9.30 Å². The van der Waals surface area contributed by atoms with E-state index in [1.54, 1.807) is 23.5 Å². The van der Waals surface area contributed by atoms with Crippen molar-refractivity contribution in [1.29, 1.82) is 0 Å². The van der Waals surface area contributed by atoms with Gasteiger partial charge in [-0.05, 0) is 80.8 Å². The van der Waals surface area contributed by atoms with Crippen LogP contribution in [0.3, 0.4) is 0 Å². The molecule has 6 rings (SSSR count). The standard InChI is InChI=1S/C47H55N3O6S4/c1-5-9-16-35(6-2)34-48-59(51,52)40-23-26-43(46(33-40)60(53,54)55)47-41-24-21-36(49(7-3)27-29-57-38-17-12-10-13-18-38)31-44(41)56-45-32-37(22-25-42(45)47)50(8-4)28-30-58-39-19-14-11-15-20-39/h10-15,17-26,31-33,35,48H,5-9,16,27-30,34H2,1-4H3/p+1. The lowest BCUT2D eigenvalue weighted by Gasteiger charge is -2.24. The van der Waals surface area contributed by atoms with Crippen molar-refractivity contribution in [2.75, 3.05) is 49.1 Å². The molecule has 1 unspecified atom stereocenters. The van der Waals surface area contributed by atoms with E-state index in [0.717, 1.165) is 80.5 Å². The molecule has 0 saturated carbocycles. The largest absolute Gasteiger partial charge is 0.456 e. The first-order valence-electron chi connectivity index (χ1n) is 20.8. The minimum atomic E-state index is -4.91. The molecule has 9 nitrogen and oxygen atoms in total. The Balaban J connectivity index is 1.46. The van der Waals surface area contributed by atoms with Gasteiger partial charge in [0.2, 0.25) is 15.4 Å². The van der Waals surface area contributed by atoms with E-state index >= 15 is 0 Å². The van der Waals surface area contributed by atoms with Crippen LogP contribution in [0.2, 0.25) is 0 Å². The SMILES string of the molecule is CCCCC(CC)CNS(=O)(=O)c1ccc(-c2c3ccc(=[N+](CC)CCSc4ccccc4)cc-3oc3cc(N(CC)CCSc4ccccc4)ccc23)c(S(=O)(=O)O)c1. The van der Waals surface area contributed by atoms with Crippen molar-refractivity contribution in [3.63, 3.8) is 0 Å². The summed E-state index contributed by atoms with van der Waals surface area (Å²) in [5.74, 6) is 2.42. The van der Waals surface area contributed by atoms with Crippen LogP contribution in [0.15, 0.2) is 139 Å². The van der Waals surface area contributed by atoms with Gasteiger partial charge in [0.1, 0.15) is 22.8 Å². The molecule has 1 aliphatic carbocycles. The second kappa shape index (κ2) is 21.1.